The summed E-state index contributed by atoms with van der Waals surface area (Å²) in [5.41, 5.74) is -0.123. The average molecular weight is 177 g/mol. The molecule has 0 aromatic rings. The molecule has 74 valence electrons. The lowest BCUT2D eigenvalue weighted by atomic mass is 10.1. The minimum atomic E-state index is -0.670. The summed E-state index contributed by atoms with van der Waals surface area (Å²) in [5.74, 6) is 0. The number of hydrogen-bond acceptors (Lipinski definition) is 4. The number of rotatable bonds is 5. The summed E-state index contributed by atoms with van der Waals surface area (Å²) in [6.07, 6.45) is -0.670. The molecule has 0 aromatic carbocycles. The first-order chi connectivity index (χ1) is 5.45. The summed E-state index contributed by atoms with van der Waals surface area (Å²) < 4.78 is 4.93. The second-order valence-corrected chi connectivity index (χ2v) is 3.71. The minimum absolute atomic E-state index is 0.0117. The van der Waals surface area contributed by atoms with Gasteiger partial charge >= 0.3 is 0 Å². The van der Waals surface area contributed by atoms with E-state index < -0.39 is 6.23 Å². The van der Waals surface area contributed by atoms with Crippen molar-refractivity contribution in [1.82, 2.24) is 5.32 Å². The van der Waals surface area contributed by atoms with E-state index in [1.54, 1.807) is 0 Å². The largest absolute Gasteiger partial charge is 0.394 e. The van der Waals surface area contributed by atoms with Crippen LogP contribution in [0.15, 0.2) is 0 Å². The van der Waals surface area contributed by atoms with Crippen molar-refractivity contribution in [3.63, 3.8) is 0 Å². The third-order valence-electron chi connectivity index (χ3n) is 1.11. The lowest BCUT2D eigenvalue weighted by molar-refractivity contribution is -0.00471. The van der Waals surface area contributed by atoms with E-state index in [0.717, 1.165) is 0 Å². The molecule has 0 aliphatic rings. The molecular weight excluding hydrogens is 158 g/mol. The van der Waals surface area contributed by atoms with Crippen LogP contribution in [0, 0.1) is 0 Å². The molecule has 4 nitrogen and oxygen atoms in total. The standard InChI is InChI=1S/C8H19NO3/c1-8(2,3)9-7(11)6-12-5-4-10/h7,9-11H,4-6H2,1-3H3. The predicted octanol–water partition coefficient (Wildman–Crippen LogP) is -0.298. The lowest BCUT2D eigenvalue weighted by Gasteiger charge is -2.24. The van der Waals surface area contributed by atoms with Crippen LogP contribution in [0.4, 0.5) is 0 Å². The summed E-state index contributed by atoms with van der Waals surface area (Å²) in [5, 5.41) is 20.6. The zero-order valence-electron chi connectivity index (χ0n) is 8.00. The van der Waals surface area contributed by atoms with Crippen LogP contribution in [0.2, 0.25) is 0 Å². The van der Waals surface area contributed by atoms with Crippen LogP contribution < -0.4 is 5.32 Å². The van der Waals surface area contributed by atoms with E-state index >= 15 is 0 Å². The van der Waals surface area contributed by atoms with Gasteiger partial charge in [-0.1, -0.05) is 0 Å². The molecule has 0 saturated heterocycles. The predicted molar refractivity (Wildman–Crippen MR) is 46.8 cm³/mol. The van der Waals surface area contributed by atoms with Gasteiger partial charge in [-0.15, -0.1) is 0 Å². The highest BCUT2D eigenvalue weighted by Crippen LogP contribution is 1.99. The molecule has 0 aromatic heterocycles. The molecule has 0 saturated carbocycles. The van der Waals surface area contributed by atoms with E-state index in [9.17, 15) is 5.11 Å². The summed E-state index contributed by atoms with van der Waals surface area (Å²) in [6.45, 7) is 6.34. The summed E-state index contributed by atoms with van der Waals surface area (Å²) in [7, 11) is 0. The van der Waals surface area contributed by atoms with Crippen LogP contribution in [0.1, 0.15) is 20.8 Å². The van der Waals surface area contributed by atoms with Crippen molar-refractivity contribution in [3.8, 4) is 0 Å². The highest BCUT2D eigenvalue weighted by molar-refractivity contribution is 4.71. The maximum atomic E-state index is 9.29. The Balaban J connectivity index is 3.40. The van der Waals surface area contributed by atoms with Crippen molar-refractivity contribution in [1.29, 1.82) is 0 Å². The van der Waals surface area contributed by atoms with E-state index in [4.69, 9.17) is 9.84 Å². The van der Waals surface area contributed by atoms with E-state index in [0.29, 0.717) is 0 Å². The molecule has 0 spiro atoms. The zero-order chi connectivity index (χ0) is 9.61. The highest BCUT2D eigenvalue weighted by Gasteiger charge is 2.14. The Kier molecular flexibility index (Phi) is 5.41. The third-order valence-corrected chi connectivity index (χ3v) is 1.11. The van der Waals surface area contributed by atoms with Crippen LogP contribution in [0.3, 0.4) is 0 Å². The maximum Gasteiger partial charge on any atom is 0.128 e. The fourth-order valence-corrected chi connectivity index (χ4v) is 0.801. The molecular formula is C8H19NO3. The van der Waals surface area contributed by atoms with Gasteiger partial charge in [-0.25, -0.2) is 0 Å². The molecule has 1 atom stereocenters. The van der Waals surface area contributed by atoms with Crippen molar-refractivity contribution in [3.05, 3.63) is 0 Å². The Hall–Kier alpha value is -0.160. The average Bonchev–Trinajstić information content (AvgIpc) is 1.84. The van der Waals surface area contributed by atoms with Crippen LogP contribution in [0.5, 0.6) is 0 Å². The van der Waals surface area contributed by atoms with E-state index in [1.165, 1.54) is 0 Å². The van der Waals surface area contributed by atoms with E-state index in [1.807, 2.05) is 20.8 Å². The second-order valence-electron chi connectivity index (χ2n) is 3.71. The lowest BCUT2D eigenvalue weighted by Crippen LogP contribution is -2.45. The molecule has 0 aliphatic heterocycles. The zero-order valence-corrected chi connectivity index (χ0v) is 8.00. The number of aliphatic hydroxyl groups is 2. The third kappa shape index (κ3) is 7.94. The fraction of sp³-hybridized carbons (Fsp3) is 1.00. The number of ether oxygens (including phenoxy) is 1. The van der Waals surface area contributed by atoms with Crippen LogP contribution in [-0.4, -0.2) is 41.8 Å². The van der Waals surface area contributed by atoms with Crippen molar-refractivity contribution < 1.29 is 14.9 Å². The molecule has 1 unspecified atom stereocenters. The van der Waals surface area contributed by atoms with Gasteiger partial charge < -0.3 is 14.9 Å². The molecule has 0 aliphatic carbocycles. The van der Waals surface area contributed by atoms with Crippen molar-refractivity contribution in [2.45, 2.75) is 32.5 Å². The maximum absolute atomic E-state index is 9.29. The molecule has 4 heteroatoms. The van der Waals surface area contributed by atoms with Crippen molar-refractivity contribution >= 4 is 0 Å². The monoisotopic (exact) mass is 177 g/mol. The Morgan fingerprint density at radius 3 is 2.42 bits per heavy atom. The second kappa shape index (κ2) is 5.48. The number of hydrogen-bond donors (Lipinski definition) is 3. The Morgan fingerprint density at radius 2 is 2.00 bits per heavy atom. The number of aliphatic hydroxyl groups excluding tert-OH is 2. The molecule has 0 amide bonds. The van der Waals surface area contributed by atoms with E-state index in [2.05, 4.69) is 5.32 Å². The first-order valence-electron chi connectivity index (χ1n) is 4.10. The molecule has 0 radical (unpaired) electrons. The van der Waals surface area contributed by atoms with Gasteiger partial charge in [-0.3, -0.25) is 5.32 Å². The van der Waals surface area contributed by atoms with Crippen molar-refractivity contribution in [2.75, 3.05) is 19.8 Å². The molecule has 0 heterocycles. The molecule has 0 fully saturated rings. The summed E-state index contributed by atoms with van der Waals surface area (Å²) >= 11 is 0. The van der Waals surface area contributed by atoms with Gasteiger partial charge in [0, 0.05) is 5.54 Å². The Labute approximate surface area is 73.5 Å². The van der Waals surface area contributed by atoms with Gasteiger partial charge in [0.2, 0.25) is 0 Å². The van der Waals surface area contributed by atoms with Gasteiger partial charge in [-0.2, -0.15) is 0 Å². The Morgan fingerprint density at radius 1 is 1.42 bits per heavy atom. The van der Waals surface area contributed by atoms with Crippen molar-refractivity contribution in [2.24, 2.45) is 0 Å². The first kappa shape index (κ1) is 11.8. The van der Waals surface area contributed by atoms with Gasteiger partial charge in [-0.05, 0) is 20.8 Å². The molecule has 12 heavy (non-hydrogen) atoms. The minimum Gasteiger partial charge on any atom is -0.394 e. The molecule has 0 rings (SSSR count). The van der Waals surface area contributed by atoms with Crippen LogP contribution in [-0.2, 0) is 4.74 Å². The molecule has 0 bridgehead atoms. The van der Waals surface area contributed by atoms with Gasteiger partial charge in [0.05, 0.1) is 19.8 Å². The first-order valence-corrected chi connectivity index (χ1v) is 4.10. The molecule has 3 N–H and O–H groups in total. The Bertz CT molecular complexity index is 111. The number of nitrogens with one attached hydrogen (secondary N) is 1. The smallest absolute Gasteiger partial charge is 0.128 e. The quantitative estimate of drug-likeness (QED) is 0.398. The summed E-state index contributed by atoms with van der Waals surface area (Å²) in [6, 6.07) is 0. The fourth-order valence-electron chi connectivity index (χ4n) is 0.801. The van der Waals surface area contributed by atoms with Gasteiger partial charge in [0.1, 0.15) is 6.23 Å². The van der Waals surface area contributed by atoms with Gasteiger partial charge in [0.25, 0.3) is 0 Å². The van der Waals surface area contributed by atoms with Crippen LogP contribution >= 0.6 is 0 Å². The topological polar surface area (TPSA) is 61.7 Å². The highest BCUT2D eigenvalue weighted by atomic mass is 16.5. The van der Waals surface area contributed by atoms with E-state index in [-0.39, 0.29) is 25.4 Å². The SMILES string of the molecule is CC(C)(C)NC(O)COCCO. The van der Waals surface area contributed by atoms with Crippen LogP contribution in [0.25, 0.3) is 0 Å². The normalized spacial score (nSPS) is 14.8. The summed E-state index contributed by atoms with van der Waals surface area (Å²) in [4.78, 5) is 0. The van der Waals surface area contributed by atoms with Gasteiger partial charge in [0.15, 0.2) is 0 Å².